The van der Waals surface area contributed by atoms with Crippen molar-refractivity contribution in [1.29, 1.82) is 0 Å². The first kappa shape index (κ1) is 30.6. The summed E-state index contributed by atoms with van der Waals surface area (Å²) in [6.45, 7) is 3.95. The number of benzene rings is 1. The largest absolute Gasteiger partial charge is 0.463 e. The average molecular weight is 585 g/mol. The first-order valence-electron chi connectivity index (χ1n) is 12.0. The summed E-state index contributed by atoms with van der Waals surface area (Å²) < 4.78 is 65.6. The Labute approximate surface area is 230 Å². The third kappa shape index (κ3) is 8.02. The van der Waals surface area contributed by atoms with Crippen molar-refractivity contribution in [2.75, 3.05) is 13.7 Å². The van der Waals surface area contributed by atoms with Crippen LogP contribution in [0.1, 0.15) is 27.7 Å². The topological polar surface area (TPSA) is 170 Å². The molecular weight excluding hydrogens is 554 g/mol. The number of rotatable bonds is 10. The predicted octanol–water partition coefficient (Wildman–Crippen LogP) is 0.466. The van der Waals surface area contributed by atoms with E-state index in [4.69, 9.17) is 32.6 Å². The summed E-state index contributed by atoms with van der Waals surface area (Å²) in [4.78, 5) is 47.4. The van der Waals surface area contributed by atoms with Crippen molar-refractivity contribution < 1.29 is 64.8 Å². The minimum absolute atomic E-state index is 0.137. The van der Waals surface area contributed by atoms with Gasteiger partial charge in [-0.25, -0.2) is 4.58 Å². The van der Waals surface area contributed by atoms with E-state index in [-0.39, 0.29) is 11.5 Å². The van der Waals surface area contributed by atoms with Crippen LogP contribution in [0.3, 0.4) is 0 Å². The summed E-state index contributed by atoms with van der Waals surface area (Å²) in [5, 5.41) is -1.06. The molecular formula is C25H30NO13S+. The van der Waals surface area contributed by atoms with Gasteiger partial charge in [0.25, 0.3) is 0 Å². The number of hydrogen-bond donors (Lipinski definition) is 0. The summed E-state index contributed by atoms with van der Waals surface area (Å²) in [5.74, 6) is -3.45. The third-order valence-electron chi connectivity index (χ3n) is 5.47. The van der Waals surface area contributed by atoms with E-state index in [1.807, 2.05) is 0 Å². The maximum Gasteiger partial charge on any atom is 0.325 e. The summed E-state index contributed by atoms with van der Waals surface area (Å²) in [7, 11) is -2.53. The second kappa shape index (κ2) is 12.9. The fraction of sp³-hybridized carbons (Fsp3) is 0.480. The Morgan fingerprint density at radius 3 is 1.98 bits per heavy atom. The Kier molecular flexibility index (Phi) is 9.87. The molecule has 2 heterocycles. The second-order valence-corrected chi connectivity index (χ2v) is 10.5. The Morgan fingerprint density at radius 2 is 1.43 bits per heavy atom. The summed E-state index contributed by atoms with van der Waals surface area (Å²) in [6, 6.07) is 5.74. The SMILES string of the molecule is CC(=O)OC[C@H]1O[C@@H](Oc2ccccc2OS(=O)(=O)[C@H]2C=C[N+](C)=C2)C(OC(C)=O)[C@@H](OC(C)=O)[C@H]1OC(C)=O. The van der Waals surface area contributed by atoms with E-state index >= 15 is 0 Å². The van der Waals surface area contributed by atoms with Crippen LogP contribution in [-0.4, -0.2) is 92.7 Å². The van der Waals surface area contributed by atoms with E-state index in [2.05, 4.69) is 0 Å². The van der Waals surface area contributed by atoms with Crippen LogP contribution >= 0.6 is 0 Å². The van der Waals surface area contributed by atoms with Crippen LogP contribution in [0, 0.1) is 0 Å². The highest BCUT2D eigenvalue weighted by molar-refractivity contribution is 7.88. The van der Waals surface area contributed by atoms with Gasteiger partial charge in [-0.3, -0.25) is 19.2 Å². The van der Waals surface area contributed by atoms with Crippen molar-refractivity contribution in [3.05, 3.63) is 36.5 Å². The lowest BCUT2D eigenvalue weighted by atomic mass is 9.98. The van der Waals surface area contributed by atoms with Crippen molar-refractivity contribution in [2.24, 2.45) is 0 Å². The molecule has 2 aliphatic heterocycles. The highest BCUT2D eigenvalue weighted by Crippen LogP contribution is 2.35. The van der Waals surface area contributed by atoms with Crippen molar-refractivity contribution >= 4 is 40.2 Å². The molecule has 0 saturated carbocycles. The summed E-state index contributed by atoms with van der Waals surface area (Å²) in [5.41, 5.74) is 0. The van der Waals surface area contributed by atoms with Crippen molar-refractivity contribution in [3.63, 3.8) is 0 Å². The van der Waals surface area contributed by atoms with Gasteiger partial charge in [-0.2, -0.15) is 8.42 Å². The van der Waals surface area contributed by atoms with Gasteiger partial charge in [0.15, 0.2) is 41.4 Å². The van der Waals surface area contributed by atoms with Gasteiger partial charge < -0.3 is 32.6 Å². The first-order chi connectivity index (χ1) is 18.8. The van der Waals surface area contributed by atoms with E-state index in [1.165, 1.54) is 36.6 Å². The van der Waals surface area contributed by atoms with E-state index in [9.17, 15) is 27.6 Å². The van der Waals surface area contributed by atoms with E-state index in [1.54, 1.807) is 17.8 Å². The van der Waals surface area contributed by atoms with Gasteiger partial charge in [-0.15, -0.1) is 0 Å². The van der Waals surface area contributed by atoms with E-state index in [0.717, 1.165) is 27.7 Å². The molecule has 1 aromatic carbocycles. The molecule has 1 fully saturated rings. The lowest BCUT2D eigenvalue weighted by molar-refractivity contribution is -0.413. The quantitative estimate of drug-likeness (QED) is 0.161. The van der Waals surface area contributed by atoms with Gasteiger partial charge in [0.05, 0.1) is 0 Å². The van der Waals surface area contributed by atoms with Gasteiger partial charge in [-0.1, -0.05) is 12.1 Å². The third-order valence-corrected chi connectivity index (χ3v) is 6.83. The predicted molar refractivity (Wildman–Crippen MR) is 134 cm³/mol. The van der Waals surface area contributed by atoms with Gasteiger partial charge in [0.1, 0.15) is 19.8 Å². The van der Waals surface area contributed by atoms with Crippen LogP contribution in [0.5, 0.6) is 11.5 Å². The highest BCUT2D eigenvalue weighted by Gasteiger charge is 2.53. The van der Waals surface area contributed by atoms with Crippen LogP contribution in [0.2, 0.25) is 0 Å². The molecule has 3 rings (SSSR count). The molecule has 0 N–H and O–H groups in total. The minimum atomic E-state index is -4.19. The lowest BCUT2D eigenvalue weighted by Crippen LogP contribution is -2.63. The Balaban J connectivity index is 1.99. The molecule has 6 atom stereocenters. The maximum absolute atomic E-state index is 12.9. The molecule has 218 valence electrons. The molecule has 1 unspecified atom stereocenters. The van der Waals surface area contributed by atoms with Gasteiger partial charge >= 0.3 is 34.0 Å². The minimum Gasteiger partial charge on any atom is -0.463 e. The fourth-order valence-electron chi connectivity index (χ4n) is 3.93. The number of carbonyl (C=O) groups excluding carboxylic acids is 4. The van der Waals surface area contributed by atoms with Gasteiger partial charge in [0.2, 0.25) is 12.4 Å². The van der Waals surface area contributed by atoms with Gasteiger partial charge in [-0.05, 0) is 12.1 Å². The molecule has 1 aromatic rings. The van der Waals surface area contributed by atoms with Crippen LogP contribution < -0.4 is 8.92 Å². The Hall–Kier alpha value is -3.98. The zero-order valence-electron chi connectivity index (χ0n) is 22.4. The molecule has 0 bridgehead atoms. The number of hydrogen-bond acceptors (Lipinski definition) is 13. The molecule has 40 heavy (non-hydrogen) atoms. The molecule has 14 nitrogen and oxygen atoms in total. The Morgan fingerprint density at radius 1 is 0.850 bits per heavy atom. The van der Waals surface area contributed by atoms with E-state index < -0.39 is 76.6 Å². The van der Waals surface area contributed by atoms with Crippen LogP contribution in [-0.2, 0) is 53.0 Å². The number of para-hydroxylation sites is 2. The van der Waals surface area contributed by atoms with Crippen molar-refractivity contribution in [3.8, 4) is 11.5 Å². The Bertz CT molecular complexity index is 1310. The standard InChI is InChI=1S/C25H30NO13S/c1-14(27)33-13-21-22(34-15(2)28)23(35-16(3)29)24(36-17(4)30)25(38-21)37-19-8-6-7-9-20(19)39-40(31,32)18-10-11-26(5)12-18/h6-12,18,21-25H,13H2,1-5H3/q+1/t18-,21+,22-,23-,24?,25+/m0/s1. The van der Waals surface area contributed by atoms with Gasteiger partial charge in [0, 0.05) is 33.8 Å². The second-order valence-electron chi connectivity index (χ2n) is 8.83. The number of nitrogens with zero attached hydrogens (tertiary/aromatic N) is 1. The summed E-state index contributed by atoms with van der Waals surface area (Å²) in [6.07, 6.45) is -2.75. The molecule has 0 aliphatic carbocycles. The smallest absolute Gasteiger partial charge is 0.325 e. The zero-order chi connectivity index (χ0) is 29.6. The zero-order valence-corrected chi connectivity index (χ0v) is 23.2. The molecule has 0 radical (unpaired) electrons. The van der Waals surface area contributed by atoms with Crippen LogP contribution in [0.15, 0.2) is 36.5 Å². The van der Waals surface area contributed by atoms with Crippen LogP contribution in [0.4, 0.5) is 0 Å². The highest BCUT2D eigenvalue weighted by atomic mass is 32.2. The molecule has 0 aromatic heterocycles. The fourth-order valence-corrected chi connectivity index (χ4v) is 5.03. The number of ether oxygens (including phenoxy) is 6. The summed E-state index contributed by atoms with van der Waals surface area (Å²) >= 11 is 0. The number of carbonyl (C=O) groups is 4. The molecule has 0 spiro atoms. The van der Waals surface area contributed by atoms with Crippen LogP contribution in [0.25, 0.3) is 0 Å². The molecule has 0 amide bonds. The molecule has 2 aliphatic rings. The molecule has 15 heteroatoms. The van der Waals surface area contributed by atoms with Crippen molar-refractivity contribution in [1.82, 2.24) is 0 Å². The normalized spacial score (nSPS) is 25.8. The first-order valence-corrected chi connectivity index (χ1v) is 13.5. The monoisotopic (exact) mass is 584 g/mol. The van der Waals surface area contributed by atoms with E-state index in [0.29, 0.717) is 0 Å². The lowest BCUT2D eigenvalue weighted by Gasteiger charge is -2.43. The average Bonchev–Trinajstić information content (AvgIpc) is 3.29. The molecule has 1 saturated heterocycles. The van der Waals surface area contributed by atoms with Crippen molar-refractivity contribution in [2.45, 2.75) is 63.7 Å². The number of esters is 4. The maximum atomic E-state index is 12.9.